The number of methoxy groups -OCH3 is 1. The van der Waals surface area contributed by atoms with E-state index in [4.69, 9.17) is 22.2 Å². The van der Waals surface area contributed by atoms with Crippen molar-refractivity contribution in [2.24, 2.45) is 5.84 Å². The molecule has 0 spiro atoms. The normalized spacial score (nSPS) is 10.4. The van der Waals surface area contributed by atoms with Gasteiger partial charge in [0, 0.05) is 23.9 Å². The van der Waals surface area contributed by atoms with Gasteiger partial charge in [0.25, 0.3) is 0 Å². The lowest BCUT2D eigenvalue weighted by Crippen LogP contribution is -2.12. The Hall–Kier alpha value is -1.89. The number of rotatable bonds is 5. The van der Waals surface area contributed by atoms with Crippen LogP contribution in [0.25, 0.3) is 0 Å². The summed E-state index contributed by atoms with van der Waals surface area (Å²) >= 11 is 5.94. The van der Waals surface area contributed by atoms with Gasteiger partial charge in [-0.05, 0) is 30.7 Å². The molecule has 106 valence electrons. The van der Waals surface area contributed by atoms with Gasteiger partial charge in [-0.15, -0.1) is 0 Å². The van der Waals surface area contributed by atoms with E-state index in [2.05, 4.69) is 20.7 Å². The number of nitrogens with two attached hydrogens (primary N) is 1. The quantitative estimate of drug-likeness (QED) is 0.580. The van der Waals surface area contributed by atoms with Gasteiger partial charge < -0.3 is 15.5 Å². The zero-order chi connectivity index (χ0) is 14.5. The van der Waals surface area contributed by atoms with Crippen LogP contribution in [0.15, 0.2) is 24.3 Å². The first-order valence-corrected chi connectivity index (χ1v) is 6.37. The number of benzene rings is 1. The van der Waals surface area contributed by atoms with Crippen LogP contribution < -0.4 is 16.6 Å². The Morgan fingerprint density at radius 2 is 2.00 bits per heavy atom. The predicted octanol–water partition coefficient (Wildman–Crippen LogP) is 2.61. The first-order chi connectivity index (χ1) is 9.62. The standard InChI is InChI=1S/C13H16ClN5O/c1-8-5-9(14)3-4-10(8)16-11-6-12(19-15)18-13(17-11)7-20-2/h3-6H,7,15H2,1-2H3,(H2,16,17,18,19). The fourth-order valence-electron chi connectivity index (χ4n) is 1.73. The van der Waals surface area contributed by atoms with Crippen LogP contribution in [0.4, 0.5) is 17.3 Å². The summed E-state index contributed by atoms with van der Waals surface area (Å²) in [6, 6.07) is 7.30. The number of hydrazine groups is 1. The van der Waals surface area contributed by atoms with E-state index in [9.17, 15) is 0 Å². The number of nitrogens with zero attached hydrogens (tertiary/aromatic N) is 2. The highest BCUT2D eigenvalue weighted by Crippen LogP contribution is 2.23. The van der Waals surface area contributed by atoms with Crippen LogP contribution in [0, 0.1) is 6.92 Å². The van der Waals surface area contributed by atoms with Crippen LogP contribution in [0.3, 0.4) is 0 Å². The molecule has 0 bridgehead atoms. The van der Waals surface area contributed by atoms with Crippen molar-refractivity contribution in [2.45, 2.75) is 13.5 Å². The zero-order valence-corrected chi connectivity index (χ0v) is 12.0. The van der Waals surface area contributed by atoms with Crippen LogP contribution in [-0.4, -0.2) is 17.1 Å². The zero-order valence-electron chi connectivity index (χ0n) is 11.3. The molecule has 0 fully saturated rings. The minimum atomic E-state index is 0.309. The monoisotopic (exact) mass is 293 g/mol. The highest BCUT2D eigenvalue weighted by atomic mass is 35.5. The number of halogens is 1. The van der Waals surface area contributed by atoms with Crippen molar-refractivity contribution in [1.29, 1.82) is 0 Å². The Morgan fingerprint density at radius 1 is 1.25 bits per heavy atom. The van der Waals surface area contributed by atoms with Crippen molar-refractivity contribution in [3.63, 3.8) is 0 Å². The summed E-state index contributed by atoms with van der Waals surface area (Å²) in [4.78, 5) is 8.54. The molecule has 1 aromatic carbocycles. The topological polar surface area (TPSA) is 85.1 Å². The second kappa shape index (κ2) is 6.51. The molecule has 0 saturated heterocycles. The molecule has 0 unspecified atom stereocenters. The second-order valence-corrected chi connectivity index (χ2v) is 4.65. The molecule has 0 radical (unpaired) electrons. The fraction of sp³-hybridized carbons (Fsp3) is 0.231. The number of hydrogen-bond acceptors (Lipinski definition) is 6. The molecule has 6 nitrogen and oxygen atoms in total. The molecular formula is C13H16ClN5O. The first kappa shape index (κ1) is 14.5. The van der Waals surface area contributed by atoms with E-state index in [1.807, 2.05) is 25.1 Å². The molecule has 2 aromatic rings. The molecule has 0 aliphatic heterocycles. The Labute approximate surface area is 122 Å². The van der Waals surface area contributed by atoms with Gasteiger partial charge in [-0.3, -0.25) is 0 Å². The van der Waals surface area contributed by atoms with Gasteiger partial charge in [0.15, 0.2) is 5.82 Å². The van der Waals surface area contributed by atoms with Crippen molar-refractivity contribution in [1.82, 2.24) is 9.97 Å². The molecule has 0 saturated carbocycles. The van der Waals surface area contributed by atoms with Crippen LogP contribution in [-0.2, 0) is 11.3 Å². The van der Waals surface area contributed by atoms with Crippen molar-refractivity contribution < 1.29 is 4.74 Å². The average Bonchev–Trinajstić information content (AvgIpc) is 2.42. The van der Waals surface area contributed by atoms with Gasteiger partial charge in [-0.1, -0.05) is 11.6 Å². The average molecular weight is 294 g/mol. The second-order valence-electron chi connectivity index (χ2n) is 4.22. The van der Waals surface area contributed by atoms with E-state index in [0.717, 1.165) is 11.3 Å². The Bertz CT molecular complexity index is 605. The third-order valence-corrected chi connectivity index (χ3v) is 2.88. The molecule has 0 atom stereocenters. The molecule has 20 heavy (non-hydrogen) atoms. The summed E-state index contributed by atoms with van der Waals surface area (Å²) < 4.78 is 5.03. The van der Waals surface area contributed by atoms with E-state index in [1.54, 1.807) is 13.2 Å². The first-order valence-electron chi connectivity index (χ1n) is 5.99. The van der Waals surface area contributed by atoms with Crippen LogP contribution >= 0.6 is 11.6 Å². The molecule has 1 aromatic heterocycles. The van der Waals surface area contributed by atoms with E-state index in [0.29, 0.717) is 29.1 Å². The molecular weight excluding hydrogens is 278 g/mol. The lowest BCUT2D eigenvalue weighted by Gasteiger charge is -2.11. The molecule has 2 rings (SSSR count). The summed E-state index contributed by atoms with van der Waals surface area (Å²) in [5.74, 6) is 7.08. The van der Waals surface area contributed by atoms with E-state index in [1.165, 1.54) is 0 Å². The summed E-state index contributed by atoms with van der Waals surface area (Å²) in [6.45, 7) is 2.28. The highest BCUT2D eigenvalue weighted by Gasteiger charge is 2.06. The molecule has 1 heterocycles. The van der Waals surface area contributed by atoms with Crippen LogP contribution in [0.1, 0.15) is 11.4 Å². The highest BCUT2D eigenvalue weighted by molar-refractivity contribution is 6.30. The summed E-state index contributed by atoms with van der Waals surface area (Å²) in [5, 5.41) is 3.91. The maximum atomic E-state index is 5.94. The molecule has 0 aliphatic carbocycles. The number of anilines is 3. The Morgan fingerprint density at radius 3 is 2.65 bits per heavy atom. The molecule has 0 amide bonds. The number of nitrogen functional groups attached to an aromatic ring is 1. The lowest BCUT2D eigenvalue weighted by molar-refractivity contribution is 0.178. The number of hydrogen-bond donors (Lipinski definition) is 3. The minimum absolute atomic E-state index is 0.309. The van der Waals surface area contributed by atoms with Crippen molar-refractivity contribution in [2.75, 3.05) is 17.9 Å². The van der Waals surface area contributed by atoms with E-state index >= 15 is 0 Å². The van der Waals surface area contributed by atoms with Crippen molar-refractivity contribution in [3.05, 3.63) is 40.7 Å². The summed E-state index contributed by atoms with van der Waals surface area (Å²) in [7, 11) is 1.59. The van der Waals surface area contributed by atoms with Gasteiger partial charge in [0.2, 0.25) is 0 Å². The summed E-state index contributed by atoms with van der Waals surface area (Å²) in [6.07, 6.45) is 0. The van der Waals surface area contributed by atoms with Gasteiger partial charge >= 0.3 is 0 Å². The number of aryl methyl sites for hydroxylation is 1. The van der Waals surface area contributed by atoms with Gasteiger partial charge in [0.05, 0.1) is 0 Å². The smallest absolute Gasteiger partial charge is 0.158 e. The van der Waals surface area contributed by atoms with Crippen molar-refractivity contribution in [3.8, 4) is 0 Å². The Balaban J connectivity index is 2.29. The number of nitrogens with one attached hydrogen (secondary N) is 2. The van der Waals surface area contributed by atoms with E-state index < -0.39 is 0 Å². The number of ether oxygens (including phenoxy) is 1. The molecule has 0 aliphatic rings. The van der Waals surface area contributed by atoms with Crippen LogP contribution in [0.5, 0.6) is 0 Å². The van der Waals surface area contributed by atoms with Gasteiger partial charge in [0.1, 0.15) is 18.2 Å². The predicted molar refractivity (Wildman–Crippen MR) is 80.0 cm³/mol. The maximum Gasteiger partial charge on any atom is 0.158 e. The SMILES string of the molecule is COCc1nc(NN)cc(Nc2ccc(Cl)cc2C)n1. The minimum Gasteiger partial charge on any atom is -0.377 e. The third kappa shape index (κ3) is 3.57. The largest absolute Gasteiger partial charge is 0.377 e. The number of aromatic nitrogens is 2. The Kier molecular flexibility index (Phi) is 4.73. The molecule has 4 N–H and O–H groups in total. The maximum absolute atomic E-state index is 5.94. The van der Waals surface area contributed by atoms with Gasteiger partial charge in [-0.25, -0.2) is 15.8 Å². The molecule has 7 heteroatoms. The third-order valence-electron chi connectivity index (χ3n) is 2.64. The van der Waals surface area contributed by atoms with Gasteiger partial charge in [-0.2, -0.15) is 0 Å². The van der Waals surface area contributed by atoms with Crippen LogP contribution in [0.2, 0.25) is 5.02 Å². The van der Waals surface area contributed by atoms with E-state index in [-0.39, 0.29) is 0 Å². The fourth-order valence-corrected chi connectivity index (χ4v) is 1.96. The lowest BCUT2D eigenvalue weighted by atomic mass is 10.2. The summed E-state index contributed by atoms with van der Waals surface area (Å²) in [5.41, 5.74) is 4.44. The van der Waals surface area contributed by atoms with Crippen molar-refractivity contribution >= 4 is 28.9 Å².